The monoisotopic (exact) mass is 309 g/mol. The molecule has 7 heteroatoms. The summed E-state index contributed by atoms with van der Waals surface area (Å²) in [5, 5.41) is 3.38. The van der Waals surface area contributed by atoms with Crippen LogP contribution in [-0.4, -0.2) is 19.0 Å². The summed E-state index contributed by atoms with van der Waals surface area (Å²) in [6.45, 7) is 0.918. The summed E-state index contributed by atoms with van der Waals surface area (Å²) < 4.78 is 33.9. The van der Waals surface area contributed by atoms with E-state index in [1.54, 1.807) is 18.3 Å². The topological polar surface area (TPSA) is 76.3 Å². The van der Waals surface area contributed by atoms with Gasteiger partial charge in [-0.15, -0.1) is 0 Å². The SMILES string of the molecule is Cn1cc(S(=O)(=O)NCc2ccoc2)cc1CNC1CC1. The molecule has 0 saturated heterocycles. The summed E-state index contributed by atoms with van der Waals surface area (Å²) in [7, 11) is -1.64. The number of nitrogens with one attached hydrogen (secondary N) is 2. The zero-order chi connectivity index (χ0) is 14.9. The summed E-state index contributed by atoms with van der Waals surface area (Å²) >= 11 is 0. The zero-order valence-corrected chi connectivity index (χ0v) is 12.7. The fraction of sp³-hybridized carbons (Fsp3) is 0.429. The van der Waals surface area contributed by atoms with Gasteiger partial charge >= 0.3 is 0 Å². The van der Waals surface area contributed by atoms with E-state index in [9.17, 15) is 8.42 Å². The Kier molecular flexibility index (Phi) is 3.88. The number of hydrogen-bond acceptors (Lipinski definition) is 4. The second kappa shape index (κ2) is 5.67. The van der Waals surface area contributed by atoms with Crippen molar-refractivity contribution in [3.63, 3.8) is 0 Å². The molecule has 0 spiro atoms. The Balaban J connectivity index is 1.67. The van der Waals surface area contributed by atoms with Crippen molar-refractivity contribution in [3.8, 4) is 0 Å². The van der Waals surface area contributed by atoms with Gasteiger partial charge in [0.1, 0.15) is 0 Å². The Morgan fingerprint density at radius 2 is 2.19 bits per heavy atom. The molecule has 2 aromatic rings. The Morgan fingerprint density at radius 1 is 1.38 bits per heavy atom. The molecule has 114 valence electrons. The van der Waals surface area contributed by atoms with Gasteiger partial charge in [-0.3, -0.25) is 0 Å². The van der Waals surface area contributed by atoms with Crippen molar-refractivity contribution in [3.05, 3.63) is 42.1 Å². The highest BCUT2D eigenvalue weighted by Crippen LogP contribution is 2.20. The number of rotatable bonds is 7. The van der Waals surface area contributed by atoms with E-state index in [4.69, 9.17) is 4.42 Å². The third kappa shape index (κ3) is 3.55. The van der Waals surface area contributed by atoms with E-state index < -0.39 is 10.0 Å². The number of hydrogen-bond donors (Lipinski definition) is 2. The largest absolute Gasteiger partial charge is 0.472 e. The molecule has 2 heterocycles. The van der Waals surface area contributed by atoms with Crippen molar-refractivity contribution in [1.82, 2.24) is 14.6 Å². The van der Waals surface area contributed by atoms with Crippen molar-refractivity contribution >= 4 is 10.0 Å². The molecule has 1 fully saturated rings. The molecule has 2 N–H and O–H groups in total. The van der Waals surface area contributed by atoms with Crippen molar-refractivity contribution in [2.75, 3.05) is 0 Å². The standard InChI is InChI=1S/C14H19N3O3S/c1-17-9-14(6-13(17)8-15-12-2-3-12)21(18,19)16-7-11-4-5-20-10-11/h4-6,9-10,12,15-16H,2-3,7-8H2,1H3. The molecular weight excluding hydrogens is 290 g/mol. The van der Waals surface area contributed by atoms with E-state index in [1.807, 2.05) is 11.6 Å². The smallest absolute Gasteiger partial charge is 0.242 e. The van der Waals surface area contributed by atoms with Crippen LogP contribution in [0.2, 0.25) is 0 Å². The molecule has 0 bridgehead atoms. The molecule has 0 radical (unpaired) electrons. The molecule has 0 atom stereocenters. The van der Waals surface area contributed by atoms with Crippen LogP contribution in [0.5, 0.6) is 0 Å². The highest BCUT2D eigenvalue weighted by molar-refractivity contribution is 7.89. The van der Waals surface area contributed by atoms with E-state index >= 15 is 0 Å². The fourth-order valence-electron chi connectivity index (χ4n) is 2.09. The number of aryl methyl sites for hydroxylation is 1. The zero-order valence-electron chi connectivity index (χ0n) is 11.9. The maximum Gasteiger partial charge on any atom is 0.242 e. The average molecular weight is 309 g/mol. The summed E-state index contributed by atoms with van der Waals surface area (Å²) in [6, 6.07) is 4.05. The van der Waals surface area contributed by atoms with Crippen molar-refractivity contribution in [2.45, 2.75) is 36.9 Å². The predicted octanol–water partition coefficient (Wildman–Crippen LogP) is 1.35. The Bertz CT molecular complexity index is 700. The van der Waals surface area contributed by atoms with E-state index in [0.717, 1.165) is 11.3 Å². The predicted molar refractivity (Wildman–Crippen MR) is 78.0 cm³/mol. The van der Waals surface area contributed by atoms with Gasteiger partial charge in [0.2, 0.25) is 10.0 Å². The van der Waals surface area contributed by atoms with Gasteiger partial charge in [0, 0.05) is 43.6 Å². The van der Waals surface area contributed by atoms with Crippen LogP contribution in [0.1, 0.15) is 24.1 Å². The van der Waals surface area contributed by atoms with Crippen LogP contribution in [0.4, 0.5) is 0 Å². The van der Waals surface area contributed by atoms with Crippen LogP contribution in [0.25, 0.3) is 0 Å². The fourth-order valence-corrected chi connectivity index (χ4v) is 3.20. The third-order valence-corrected chi connectivity index (χ3v) is 4.96. The van der Waals surface area contributed by atoms with Crippen LogP contribution in [0.15, 0.2) is 40.2 Å². The molecule has 21 heavy (non-hydrogen) atoms. The molecule has 1 aliphatic carbocycles. The molecule has 6 nitrogen and oxygen atoms in total. The lowest BCUT2D eigenvalue weighted by atomic mass is 10.4. The normalized spacial score (nSPS) is 15.5. The molecule has 0 amide bonds. The Hall–Kier alpha value is -1.57. The molecule has 3 rings (SSSR count). The number of furan rings is 1. The molecule has 0 aromatic carbocycles. The molecule has 1 saturated carbocycles. The van der Waals surface area contributed by atoms with Gasteiger partial charge in [0.05, 0.1) is 17.4 Å². The van der Waals surface area contributed by atoms with Gasteiger partial charge in [-0.2, -0.15) is 0 Å². The second-order valence-electron chi connectivity index (χ2n) is 5.39. The molecule has 0 unspecified atom stereocenters. The van der Waals surface area contributed by atoms with Crippen LogP contribution in [-0.2, 0) is 30.2 Å². The van der Waals surface area contributed by atoms with Crippen LogP contribution >= 0.6 is 0 Å². The molecule has 2 aromatic heterocycles. The van der Waals surface area contributed by atoms with E-state index in [1.165, 1.54) is 25.4 Å². The minimum Gasteiger partial charge on any atom is -0.472 e. The first-order chi connectivity index (χ1) is 10.0. The van der Waals surface area contributed by atoms with Crippen molar-refractivity contribution in [1.29, 1.82) is 0 Å². The Morgan fingerprint density at radius 3 is 2.86 bits per heavy atom. The average Bonchev–Trinajstić information content (AvgIpc) is 2.98. The van der Waals surface area contributed by atoms with E-state index in [0.29, 0.717) is 17.5 Å². The molecular formula is C14H19N3O3S. The lowest BCUT2D eigenvalue weighted by Gasteiger charge is -2.03. The van der Waals surface area contributed by atoms with Crippen LogP contribution in [0.3, 0.4) is 0 Å². The van der Waals surface area contributed by atoms with Gasteiger partial charge in [-0.05, 0) is 25.0 Å². The summed E-state index contributed by atoms with van der Waals surface area (Å²) in [5.74, 6) is 0. The van der Waals surface area contributed by atoms with Gasteiger partial charge in [-0.25, -0.2) is 13.1 Å². The number of nitrogens with zero attached hydrogens (tertiary/aromatic N) is 1. The first-order valence-corrected chi connectivity index (χ1v) is 8.42. The first-order valence-electron chi connectivity index (χ1n) is 6.94. The summed E-state index contributed by atoms with van der Waals surface area (Å²) in [4.78, 5) is 0.293. The van der Waals surface area contributed by atoms with Crippen molar-refractivity contribution < 1.29 is 12.8 Å². The number of sulfonamides is 1. The maximum atomic E-state index is 12.3. The maximum absolute atomic E-state index is 12.3. The highest BCUT2D eigenvalue weighted by atomic mass is 32.2. The first kappa shape index (κ1) is 14.4. The van der Waals surface area contributed by atoms with Gasteiger partial charge < -0.3 is 14.3 Å². The minimum atomic E-state index is -3.50. The number of aromatic nitrogens is 1. The minimum absolute atomic E-state index is 0.226. The van der Waals surface area contributed by atoms with Crippen LogP contribution in [0, 0.1) is 0 Å². The van der Waals surface area contributed by atoms with Crippen LogP contribution < -0.4 is 10.0 Å². The second-order valence-corrected chi connectivity index (χ2v) is 7.16. The summed E-state index contributed by atoms with van der Waals surface area (Å²) in [5.41, 5.74) is 1.76. The highest BCUT2D eigenvalue weighted by Gasteiger charge is 2.22. The van der Waals surface area contributed by atoms with Gasteiger partial charge in [0.15, 0.2) is 0 Å². The lowest BCUT2D eigenvalue weighted by molar-refractivity contribution is 0.561. The molecule has 0 aliphatic heterocycles. The Labute approximate surface area is 124 Å². The third-order valence-electron chi connectivity index (χ3n) is 3.59. The lowest BCUT2D eigenvalue weighted by Crippen LogP contribution is -2.22. The van der Waals surface area contributed by atoms with E-state index in [-0.39, 0.29) is 6.54 Å². The van der Waals surface area contributed by atoms with Gasteiger partial charge in [-0.1, -0.05) is 0 Å². The van der Waals surface area contributed by atoms with Crippen molar-refractivity contribution in [2.24, 2.45) is 7.05 Å². The van der Waals surface area contributed by atoms with E-state index in [2.05, 4.69) is 10.0 Å². The molecule has 1 aliphatic rings. The van der Waals surface area contributed by atoms with Gasteiger partial charge in [0.25, 0.3) is 0 Å². The summed E-state index contributed by atoms with van der Waals surface area (Å²) in [6.07, 6.45) is 7.11. The quantitative estimate of drug-likeness (QED) is 0.809.